The summed E-state index contributed by atoms with van der Waals surface area (Å²) in [5.41, 5.74) is 2.59. The molecule has 5 rings (SSSR count). The molecule has 0 saturated carbocycles. The molecule has 0 unspecified atom stereocenters. The standard InChI is InChI=1S/C32H34ClN3O2/c33-27-14-11-26(12-15-27)13-16-30-34-31-28(9-4-10-29(31)37)32(38)36(30)20-5-8-25-18-22-35(23-19-25)21-17-24-6-2-1-3-7-24/h1-4,6-7,9-16,25,37H,5,8,17-23H2. The Morgan fingerprint density at radius 1 is 0.921 bits per heavy atom. The van der Waals surface area contributed by atoms with Gasteiger partial charge >= 0.3 is 0 Å². The van der Waals surface area contributed by atoms with Gasteiger partial charge < -0.3 is 10.0 Å². The Labute approximate surface area is 229 Å². The first-order valence-corrected chi connectivity index (χ1v) is 13.9. The molecule has 0 amide bonds. The van der Waals surface area contributed by atoms with Crippen LogP contribution in [-0.4, -0.2) is 39.2 Å². The van der Waals surface area contributed by atoms with Gasteiger partial charge in [-0.05, 0) is 92.6 Å². The molecule has 38 heavy (non-hydrogen) atoms. The van der Waals surface area contributed by atoms with E-state index in [1.807, 2.05) is 36.4 Å². The van der Waals surface area contributed by atoms with Crippen molar-refractivity contribution in [1.82, 2.24) is 14.5 Å². The Morgan fingerprint density at radius 3 is 2.45 bits per heavy atom. The second-order valence-corrected chi connectivity index (χ2v) is 10.6. The summed E-state index contributed by atoms with van der Waals surface area (Å²) in [6.07, 6.45) is 9.30. The smallest absolute Gasteiger partial charge is 0.261 e. The molecular weight excluding hydrogens is 494 g/mol. The normalized spacial score (nSPS) is 15.0. The highest BCUT2D eigenvalue weighted by atomic mass is 35.5. The van der Waals surface area contributed by atoms with E-state index in [1.165, 1.54) is 18.4 Å². The maximum atomic E-state index is 13.4. The summed E-state index contributed by atoms with van der Waals surface area (Å²) in [6, 6.07) is 23.2. The zero-order valence-electron chi connectivity index (χ0n) is 21.6. The predicted molar refractivity (Wildman–Crippen MR) is 157 cm³/mol. The van der Waals surface area contributed by atoms with E-state index in [9.17, 15) is 9.90 Å². The van der Waals surface area contributed by atoms with Crippen molar-refractivity contribution in [1.29, 1.82) is 0 Å². The number of para-hydroxylation sites is 1. The Kier molecular flexibility index (Phi) is 8.57. The van der Waals surface area contributed by atoms with Crippen LogP contribution in [0.1, 0.15) is 42.6 Å². The van der Waals surface area contributed by atoms with E-state index in [1.54, 1.807) is 22.8 Å². The van der Waals surface area contributed by atoms with Gasteiger partial charge in [0.1, 0.15) is 17.1 Å². The first-order valence-electron chi connectivity index (χ1n) is 13.5. The summed E-state index contributed by atoms with van der Waals surface area (Å²) in [5.74, 6) is 1.26. The SMILES string of the molecule is O=c1c2cccc(O)c2nc(C=Cc2ccc(Cl)cc2)n1CCCC1CCN(CCc2ccccc2)CC1. The largest absolute Gasteiger partial charge is 0.506 e. The minimum atomic E-state index is -0.114. The highest BCUT2D eigenvalue weighted by Crippen LogP contribution is 2.24. The second-order valence-electron chi connectivity index (χ2n) is 10.1. The van der Waals surface area contributed by atoms with Gasteiger partial charge in [-0.25, -0.2) is 4.98 Å². The number of nitrogens with zero attached hydrogens (tertiary/aromatic N) is 3. The fraction of sp³-hybridized carbons (Fsp3) is 0.312. The number of benzene rings is 3. The number of fused-ring (bicyclic) bond motifs is 1. The lowest BCUT2D eigenvalue weighted by molar-refractivity contribution is 0.178. The maximum Gasteiger partial charge on any atom is 0.261 e. The quantitative estimate of drug-likeness (QED) is 0.264. The van der Waals surface area contributed by atoms with Gasteiger partial charge in [0.2, 0.25) is 0 Å². The third-order valence-corrected chi connectivity index (χ3v) is 7.80. The van der Waals surface area contributed by atoms with Crippen LogP contribution in [0, 0.1) is 5.92 Å². The lowest BCUT2D eigenvalue weighted by Crippen LogP contribution is -2.35. The first kappa shape index (κ1) is 26.2. The van der Waals surface area contributed by atoms with Gasteiger partial charge in [0.15, 0.2) is 0 Å². The molecule has 1 fully saturated rings. The Morgan fingerprint density at radius 2 is 1.68 bits per heavy atom. The lowest BCUT2D eigenvalue weighted by Gasteiger charge is -2.32. The van der Waals surface area contributed by atoms with Crippen molar-refractivity contribution < 1.29 is 5.11 Å². The second kappa shape index (κ2) is 12.4. The summed E-state index contributed by atoms with van der Waals surface area (Å²) < 4.78 is 1.75. The highest BCUT2D eigenvalue weighted by Gasteiger charge is 2.19. The number of aromatic nitrogens is 2. The Balaban J connectivity index is 1.23. The van der Waals surface area contributed by atoms with Crippen LogP contribution in [0.25, 0.3) is 23.1 Å². The van der Waals surface area contributed by atoms with Gasteiger partial charge in [0, 0.05) is 18.1 Å². The molecule has 5 nitrogen and oxygen atoms in total. The number of hydrogen-bond donors (Lipinski definition) is 1. The van der Waals surface area contributed by atoms with E-state index in [-0.39, 0.29) is 11.3 Å². The third kappa shape index (κ3) is 6.53. The molecule has 6 heteroatoms. The van der Waals surface area contributed by atoms with Crippen molar-refractivity contribution in [3.05, 3.63) is 105 Å². The molecule has 1 N–H and O–H groups in total. The number of aromatic hydroxyl groups is 1. The molecule has 1 saturated heterocycles. The van der Waals surface area contributed by atoms with Gasteiger partial charge in [0.05, 0.1) is 5.39 Å². The zero-order valence-corrected chi connectivity index (χ0v) is 22.4. The third-order valence-electron chi connectivity index (χ3n) is 7.55. The Hall–Kier alpha value is -3.41. The molecule has 4 aromatic rings. The van der Waals surface area contributed by atoms with E-state index in [4.69, 9.17) is 11.6 Å². The van der Waals surface area contributed by atoms with E-state index in [0.717, 1.165) is 44.5 Å². The van der Waals surface area contributed by atoms with Gasteiger partial charge in [-0.1, -0.05) is 66.2 Å². The number of phenolic OH excluding ortho intramolecular Hbond substituents is 1. The molecule has 0 bridgehead atoms. The maximum absolute atomic E-state index is 13.4. The fourth-order valence-corrected chi connectivity index (χ4v) is 5.43. The van der Waals surface area contributed by atoms with Gasteiger partial charge in [-0.15, -0.1) is 0 Å². The van der Waals surface area contributed by atoms with Crippen molar-refractivity contribution in [2.24, 2.45) is 5.92 Å². The van der Waals surface area contributed by atoms with Gasteiger partial charge in [-0.3, -0.25) is 9.36 Å². The van der Waals surface area contributed by atoms with Crippen LogP contribution >= 0.6 is 11.6 Å². The highest BCUT2D eigenvalue weighted by molar-refractivity contribution is 6.30. The summed E-state index contributed by atoms with van der Waals surface area (Å²) in [7, 11) is 0. The molecule has 1 aromatic heterocycles. The topological polar surface area (TPSA) is 58.4 Å². The zero-order chi connectivity index (χ0) is 26.3. The van der Waals surface area contributed by atoms with E-state index < -0.39 is 0 Å². The molecule has 0 aliphatic carbocycles. The number of phenols is 1. The molecule has 1 aliphatic heterocycles. The number of piperidine rings is 1. The summed E-state index contributed by atoms with van der Waals surface area (Å²) in [4.78, 5) is 20.7. The van der Waals surface area contributed by atoms with Gasteiger partial charge in [0.25, 0.3) is 5.56 Å². The minimum absolute atomic E-state index is 0.0203. The number of rotatable bonds is 9. The summed E-state index contributed by atoms with van der Waals surface area (Å²) in [5, 5.41) is 11.5. The monoisotopic (exact) mass is 527 g/mol. The molecule has 0 atom stereocenters. The molecule has 2 heterocycles. The van der Waals surface area contributed by atoms with Crippen LogP contribution in [0.5, 0.6) is 5.75 Å². The van der Waals surface area contributed by atoms with Crippen LogP contribution in [0.3, 0.4) is 0 Å². The van der Waals surface area contributed by atoms with Crippen LogP contribution < -0.4 is 5.56 Å². The lowest BCUT2D eigenvalue weighted by atomic mass is 9.92. The average Bonchev–Trinajstić information content (AvgIpc) is 2.95. The average molecular weight is 528 g/mol. The van der Waals surface area contributed by atoms with Crippen LogP contribution in [-0.2, 0) is 13.0 Å². The molecule has 196 valence electrons. The van der Waals surface area contributed by atoms with Crippen molar-refractivity contribution in [2.45, 2.75) is 38.6 Å². The minimum Gasteiger partial charge on any atom is -0.506 e. The van der Waals surface area contributed by atoms with Crippen LogP contribution in [0.15, 0.2) is 77.6 Å². The molecule has 0 spiro atoms. The molecule has 1 aliphatic rings. The van der Waals surface area contributed by atoms with E-state index in [2.05, 4.69) is 40.2 Å². The van der Waals surface area contributed by atoms with Crippen LogP contribution in [0.4, 0.5) is 0 Å². The number of hydrogen-bond acceptors (Lipinski definition) is 4. The number of halogens is 1. The predicted octanol–water partition coefficient (Wildman–Crippen LogP) is 6.66. The van der Waals surface area contributed by atoms with Crippen molar-refractivity contribution in [3.8, 4) is 5.75 Å². The van der Waals surface area contributed by atoms with Crippen molar-refractivity contribution in [3.63, 3.8) is 0 Å². The van der Waals surface area contributed by atoms with E-state index in [0.29, 0.717) is 34.2 Å². The van der Waals surface area contributed by atoms with Crippen molar-refractivity contribution in [2.75, 3.05) is 19.6 Å². The molecule has 0 radical (unpaired) electrons. The van der Waals surface area contributed by atoms with E-state index >= 15 is 0 Å². The fourth-order valence-electron chi connectivity index (χ4n) is 5.30. The number of likely N-dealkylation sites (tertiary alicyclic amines) is 1. The van der Waals surface area contributed by atoms with Crippen molar-refractivity contribution >= 4 is 34.7 Å². The Bertz CT molecular complexity index is 1440. The molecular formula is C32H34ClN3O2. The first-order chi connectivity index (χ1) is 18.6. The van der Waals surface area contributed by atoms with Gasteiger partial charge in [-0.2, -0.15) is 0 Å². The summed E-state index contributed by atoms with van der Waals surface area (Å²) >= 11 is 6.02. The molecule has 3 aromatic carbocycles. The summed E-state index contributed by atoms with van der Waals surface area (Å²) in [6.45, 7) is 4.00. The van der Waals surface area contributed by atoms with Crippen LogP contribution in [0.2, 0.25) is 5.02 Å².